The minimum Gasteiger partial charge on any atom is -0.393 e. The quantitative estimate of drug-likeness (QED) is 0.840. The zero-order valence-electron chi connectivity index (χ0n) is 13.7. The first-order valence-electron chi connectivity index (χ1n) is 8.14. The van der Waals surface area contributed by atoms with Gasteiger partial charge in [-0.25, -0.2) is 0 Å². The van der Waals surface area contributed by atoms with Crippen molar-refractivity contribution in [2.75, 3.05) is 13.1 Å². The van der Waals surface area contributed by atoms with Crippen molar-refractivity contribution in [2.24, 2.45) is 11.8 Å². The Morgan fingerprint density at radius 1 is 1.30 bits per heavy atom. The summed E-state index contributed by atoms with van der Waals surface area (Å²) in [5.41, 5.74) is 0.579. The van der Waals surface area contributed by atoms with Crippen molar-refractivity contribution in [3.8, 4) is 0 Å². The zero-order chi connectivity index (χ0) is 17.0. The fraction of sp³-hybridized carbons (Fsp3) is 0.556. The Hall–Kier alpha value is -1.39. The average Bonchev–Trinajstić information content (AvgIpc) is 2.54. The third-order valence-electron chi connectivity index (χ3n) is 4.55. The number of ketones is 1. The minimum absolute atomic E-state index is 0.00911. The molecule has 0 bridgehead atoms. The molecule has 1 N–H and O–H groups in total. The Morgan fingerprint density at radius 2 is 1.96 bits per heavy atom. The number of likely N-dealkylation sites (tertiary alicyclic amines) is 1. The third kappa shape index (κ3) is 4.79. The van der Waals surface area contributed by atoms with Gasteiger partial charge in [-0.2, -0.15) is 0 Å². The fourth-order valence-electron chi connectivity index (χ4n) is 3.01. The highest BCUT2D eigenvalue weighted by molar-refractivity contribution is 6.30. The molecule has 4 nitrogen and oxygen atoms in total. The molecule has 0 saturated carbocycles. The Balaban J connectivity index is 1.93. The van der Waals surface area contributed by atoms with Crippen LogP contribution in [0.2, 0.25) is 5.02 Å². The molecule has 0 aliphatic carbocycles. The lowest BCUT2D eigenvalue weighted by molar-refractivity contribution is -0.134. The van der Waals surface area contributed by atoms with E-state index in [1.54, 1.807) is 43.0 Å². The van der Waals surface area contributed by atoms with E-state index < -0.39 is 6.10 Å². The van der Waals surface area contributed by atoms with Crippen molar-refractivity contribution >= 4 is 23.3 Å². The van der Waals surface area contributed by atoms with Gasteiger partial charge in [-0.3, -0.25) is 9.59 Å². The number of halogens is 1. The Bertz CT molecular complexity index is 556. The van der Waals surface area contributed by atoms with Gasteiger partial charge < -0.3 is 10.0 Å². The topological polar surface area (TPSA) is 57.6 Å². The fourth-order valence-corrected chi connectivity index (χ4v) is 3.14. The molecule has 126 valence electrons. The van der Waals surface area contributed by atoms with Gasteiger partial charge >= 0.3 is 0 Å². The first-order chi connectivity index (χ1) is 10.9. The van der Waals surface area contributed by atoms with Gasteiger partial charge in [0.25, 0.3) is 0 Å². The summed E-state index contributed by atoms with van der Waals surface area (Å²) < 4.78 is 0. The minimum atomic E-state index is -0.404. The predicted octanol–water partition coefficient (Wildman–Crippen LogP) is 3.17. The van der Waals surface area contributed by atoms with Crippen LogP contribution >= 0.6 is 11.6 Å². The number of hydrogen-bond donors (Lipinski definition) is 1. The molecule has 3 atom stereocenters. The molecule has 1 aliphatic rings. The summed E-state index contributed by atoms with van der Waals surface area (Å²) in [5, 5.41) is 10.3. The van der Waals surface area contributed by atoms with Crippen molar-refractivity contribution in [2.45, 2.75) is 39.2 Å². The van der Waals surface area contributed by atoms with Crippen LogP contribution in [0.3, 0.4) is 0 Å². The normalized spacial score (nSPS) is 20.9. The smallest absolute Gasteiger partial charge is 0.223 e. The van der Waals surface area contributed by atoms with E-state index in [4.69, 9.17) is 11.6 Å². The maximum Gasteiger partial charge on any atom is 0.223 e. The molecule has 0 radical (unpaired) electrons. The highest BCUT2D eigenvalue weighted by Gasteiger charge is 2.28. The molecule has 0 unspecified atom stereocenters. The largest absolute Gasteiger partial charge is 0.393 e. The number of amides is 1. The third-order valence-corrected chi connectivity index (χ3v) is 4.80. The van der Waals surface area contributed by atoms with Crippen LogP contribution in [-0.2, 0) is 4.79 Å². The van der Waals surface area contributed by atoms with Gasteiger partial charge in [0.05, 0.1) is 6.10 Å². The lowest BCUT2D eigenvalue weighted by atomic mass is 9.92. The molecule has 1 aromatic rings. The molecule has 1 aromatic carbocycles. The summed E-state index contributed by atoms with van der Waals surface area (Å²) in [5.74, 6) is -0.283. The van der Waals surface area contributed by atoms with E-state index in [-0.39, 0.29) is 29.9 Å². The molecule has 1 amide bonds. The number of Topliss-reactive ketones (excluding diaryl/α,β-unsaturated/α-hetero) is 1. The number of carbonyl (C=O) groups is 2. The zero-order valence-corrected chi connectivity index (χ0v) is 14.4. The van der Waals surface area contributed by atoms with E-state index in [1.165, 1.54) is 0 Å². The van der Waals surface area contributed by atoms with E-state index in [2.05, 4.69) is 0 Å². The summed E-state index contributed by atoms with van der Waals surface area (Å²) in [6.07, 6.45) is 1.65. The Labute approximate surface area is 142 Å². The van der Waals surface area contributed by atoms with Crippen molar-refractivity contribution in [3.05, 3.63) is 34.9 Å². The number of aliphatic hydroxyl groups excluding tert-OH is 1. The van der Waals surface area contributed by atoms with Crippen LogP contribution in [0.4, 0.5) is 0 Å². The molecule has 5 heteroatoms. The van der Waals surface area contributed by atoms with Crippen LogP contribution in [0.1, 0.15) is 43.5 Å². The van der Waals surface area contributed by atoms with Gasteiger partial charge in [0, 0.05) is 41.9 Å². The van der Waals surface area contributed by atoms with Crippen LogP contribution in [0.5, 0.6) is 0 Å². The van der Waals surface area contributed by atoms with Crippen molar-refractivity contribution in [1.82, 2.24) is 4.90 Å². The second-order valence-electron chi connectivity index (χ2n) is 6.46. The lowest BCUT2D eigenvalue weighted by Crippen LogP contribution is -2.43. The number of carbonyl (C=O) groups excluding carboxylic acids is 2. The van der Waals surface area contributed by atoms with Gasteiger partial charge in [-0.15, -0.1) is 0 Å². The molecular formula is C18H24ClNO3. The molecule has 1 fully saturated rings. The summed E-state index contributed by atoms with van der Waals surface area (Å²) in [6, 6.07) is 6.74. The van der Waals surface area contributed by atoms with Gasteiger partial charge in [0.15, 0.2) is 5.78 Å². The molecule has 1 heterocycles. The predicted molar refractivity (Wildman–Crippen MR) is 90.5 cm³/mol. The molecule has 0 aromatic heterocycles. The number of piperidine rings is 1. The molecule has 1 aliphatic heterocycles. The van der Waals surface area contributed by atoms with Crippen LogP contribution in [0, 0.1) is 11.8 Å². The Morgan fingerprint density at radius 3 is 2.57 bits per heavy atom. The van der Waals surface area contributed by atoms with Crippen LogP contribution in [0.25, 0.3) is 0 Å². The maximum atomic E-state index is 12.4. The molecule has 1 saturated heterocycles. The van der Waals surface area contributed by atoms with Crippen molar-refractivity contribution < 1.29 is 14.7 Å². The highest BCUT2D eigenvalue weighted by atomic mass is 35.5. The maximum absolute atomic E-state index is 12.4. The summed E-state index contributed by atoms with van der Waals surface area (Å²) in [7, 11) is 0. The highest BCUT2D eigenvalue weighted by Crippen LogP contribution is 2.22. The van der Waals surface area contributed by atoms with Crippen LogP contribution in [0.15, 0.2) is 24.3 Å². The van der Waals surface area contributed by atoms with Gasteiger partial charge in [0.2, 0.25) is 5.91 Å². The summed E-state index contributed by atoms with van der Waals surface area (Å²) >= 11 is 5.83. The van der Waals surface area contributed by atoms with E-state index in [9.17, 15) is 14.7 Å². The van der Waals surface area contributed by atoms with E-state index >= 15 is 0 Å². The first kappa shape index (κ1) is 18.0. The van der Waals surface area contributed by atoms with Crippen molar-refractivity contribution in [3.63, 3.8) is 0 Å². The van der Waals surface area contributed by atoms with E-state index in [0.29, 0.717) is 23.7 Å². The van der Waals surface area contributed by atoms with Gasteiger partial charge in [-0.05, 0) is 44.0 Å². The first-order valence-corrected chi connectivity index (χ1v) is 8.52. The van der Waals surface area contributed by atoms with E-state index in [0.717, 1.165) is 12.8 Å². The second-order valence-corrected chi connectivity index (χ2v) is 6.90. The number of nitrogens with zero attached hydrogens (tertiary/aromatic N) is 1. The number of benzene rings is 1. The average molecular weight is 338 g/mol. The van der Waals surface area contributed by atoms with Gasteiger partial charge in [-0.1, -0.05) is 18.5 Å². The molecular weight excluding hydrogens is 314 g/mol. The van der Waals surface area contributed by atoms with E-state index in [1.807, 2.05) is 0 Å². The number of aliphatic hydroxyl groups is 1. The number of rotatable bonds is 5. The molecule has 0 spiro atoms. The van der Waals surface area contributed by atoms with Gasteiger partial charge in [0.1, 0.15) is 0 Å². The number of hydrogen-bond acceptors (Lipinski definition) is 3. The second kappa shape index (κ2) is 7.93. The summed E-state index contributed by atoms with van der Waals surface area (Å²) in [4.78, 5) is 26.6. The Kier molecular flexibility index (Phi) is 6.19. The van der Waals surface area contributed by atoms with Crippen LogP contribution < -0.4 is 0 Å². The standard InChI is InChI=1S/C18H24ClNO3/c1-12(18(23)14-5-7-16(19)8-6-14)10-17(22)20-9-3-4-15(11-20)13(2)21/h5-8,12-13,15,21H,3-4,9-11H2,1-2H3/t12-,13-,15+/m1/s1. The SMILES string of the molecule is C[C@H](CC(=O)N1CCC[C@H]([C@@H](C)O)C1)C(=O)c1ccc(Cl)cc1. The lowest BCUT2D eigenvalue weighted by Gasteiger charge is -2.34. The van der Waals surface area contributed by atoms with Crippen LogP contribution in [-0.4, -0.2) is 40.9 Å². The molecule has 2 rings (SSSR count). The monoisotopic (exact) mass is 337 g/mol. The molecule has 23 heavy (non-hydrogen) atoms. The summed E-state index contributed by atoms with van der Waals surface area (Å²) in [6.45, 7) is 4.85. The van der Waals surface area contributed by atoms with Crippen molar-refractivity contribution in [1.29, 1.82) is 0 Å².